The predicted molar refractivity (Wildman–Crippen MR) is 59.7 cm³/mol. The van der Waals surface area contributed by atoms with Gasteiger partial charge in [-0.15, -0.1) is 10.2 Å². The van der Waals surface area contributed by atoms with Crippen molar-refractivity contribution in [2.75, 3.05) is 17.7 Å². The zero-order valence-corrected chi connectivity index (χ0v) is 9.85. The van der Waals surface area contributed by atoms with E-state index in [-0.39, 0.29) is 5.75 Å². The largest absolute Gasteiger partial charge is 0.481 e. The molecule has 0 bridgehead atoms. The van der Waals surface area contributed by atoms with Crippen molar-refractivity contribution in [2.24, 2.45) is 0 Å². The fourth-order valence-electron chi connectivity index (χ4n) is 1.14. The minimum atomic E-state index is -0.827. The lowest BCUT2D eigenvalue weighted by atomic mass is 10.6. The Hall–Kier alpha value is -0.820. The maximum atomic E-state index is 10.4. The Bertz CT molecular complexity index is 365. The number of aliphatic carboxylic acids is 1. The molecule has 0 saturated heterocycles. The van der Waals surface area contributed by atoms with Gasteiger partial charge >= 0.3 is 5.97 Å². The van der Waals surface area contributed by atoms with E-state index in [1.807, 2.05) is 7.05 Å². The van der Waals surface area contributed by atoms with Crippen LogP contribution < -0.4 is 4.90 Å². The number of thioether (sulfide) groups is 1. The number of hydrogen-bond donors (Lipinski definition) is 1. The van der Waals surface area contributed by atoms with Gasteiger partial charge in [0.05, 0.1) is 5.75 Å². The smallest absolute Gasteiger partial charge is 0.313 e. The Labute approximate surface area is 95.5 Å². The summed E-state index contributed by atoms with van der Waals surface area (Å²) < 4.78 is 0.722. The molecule has 0 spiro atoms. The SMILES string of the molecule is CN(c1nnc(SCC(=O)O)s1)C1CC1. The summed E-state index contributed by atoms with van der Waals surface area (Å²) in [5, 5.41) is 17.4. The summed E-state index contributed by atoms with van der Waals surface area (Å²) in [5.41, 5.74) is 0. The lowest BCUT2D eigenvalue weighted by Gasteiger charge is -2.12. The highest BCUT2D eigenvalue weighted by atomic mass is 32.2. The Morgan fingerprint density at radius 3 is 3.00 bits per heavy atom. The molecule has 5 nitrogen and oxygen atoms in total. The molecule has 0 amide bonds. The number of carbonyl (C=O) groups is 1. The average molecular weight is 245 g/mol. The van der Waals surface area contributed by atoms with E-state index < -0.39 is 5.97 Å². The van der Waals surface area contributed by atoms with Gasteiger partial charge in [-0.25, -0.2) is 0 Å². The molecule has 82 valence electrons. The van der Waals surface area contributed by atoms with E-state index >= 15 is 0 Å². The molecule has 2 rings (SSSR count). The minimum absolute atomic E-state index is 0.0434. The fourth-order valence-corrected chi connectivity index (χ4v) is 2.74. The molecule has 0 aliphatic heterocycles. The standard InChI is InChI=1S/C8H11N3O2S2/c1-11(5-2-3-5)7-9-10-8(15-7)14-4-6(12)13/h5H,2-4H2,1H3,(H,12,13). The summed E-state index contributed by atoms with van der Waals surface area (Å²) >= 11 is 2.67. The van der Waals surface area contributed by atoms with Gasteiger partial charge in [0.2, 0.25) is 5.13 Å². The number of anilines is 1. The van der Waals surface area contributed by atoms with Crippen LogP contribution in [0.4, 0.5) is 5.13 Å². The first-order chi connectivity index (χ1) is 7.16. The van der Waals surface area contributed by atoms with E-state index in [0.717, 1.165) is 9.47 Å². The number of aromatic nitrogens is 2. The van der Waals surface area contributed by atoms with Gasteiger partial charge in [0, 0.05) is 13.1 Å². The van der Waals surface area contributed by atoms with Crippen molar-refractivity contribution in [1.29, 1.82) is 0 Å². The molecule has 1 N–H and O–H groups in total. The third-order valence-electron chi connectivity index (χ3n) is 2.11. The van der Waals surface area contributed by atoms with Gasteiger partial charge in [0.1, 0.15) is 0 Å². The second-order valence-electron chi connectivity index (χ2n) is 3.38. The maximum Gasteiger partial charge on any atom is 0.313 e. The normalized spacial score (nSPS) is 15.3. The quantitative estimate of drug-likeness (QED) is 0.789. The number of hydrogen-bond acceptors (Lipinski definition) is 6. The molecule has 7 heteroatoms. The lowest BCUT2D eigenvalue weighted by Crippen LogP contribution is -2.18. The molecule has 1 aromatic rings. The van der Waals surface area contributed by atoms with Crippen molar-refractivity contribution < 1.29 is 9.90 Å². The first-order valence-electron chi connectivity index (χ1n) is 4.58. The van der Waals surface area contributed by atoms with Crippen LogP contribution in [0.3, 0.4) is 0 Å². The van der Waals surface area contributed by atoms with Crippen LogP contribution in [-0.4, -0.2) is 40.1 Å². The summed E-state index contributed by atoms with van der Waals surface area (Å²) in [4.78, 5) is 12.5. The van der Waals surface area contributed by atoms with Gasteiger partial charge in [0.25, 0.3) is 0 Å². The first kappa shape index (κ1) is 10.7. The van der Waals surface area contributed by atoms with E-state index in [1.54, 1.807) is 0 Å². The second-order valence-corrected chi connectivity index (χ2v) is 5.55. The zero-order valence-electron chi connectivity index (χ0n) is 8.21. The molecule has 1 aliphatic carbocycles. The van der Waals surface area contributed by atoms with Crippen LogP contribution in [0.15, 0.2) is 4.34 Å². The topological polar surface area (TPSA) is 66.3 Å². The van der Waals surface area contributed by atoms with Crippen molar-refractivity contribution >= 4 is 34.2 Å². The summed E-state index contributed by atoms with van der Waals surface area (Å²) in [7, 11) is 2.00. The van der Waals surface area contributed by atoms with Crippen molar-refractivity contribution in [3.05, 3.63) is 0 Å². The van der Waals surface area contributed by atoms with Crippen LogP contribution in [-0.2, 0) is 4.79 Å². The highest BCUT2D eigenvalue weighted by molar-refractivity contribution is 8.01. The summed E-state index contributed by atoms with van der Waals surface area (Å²) in [5.74, 6) is -0.783. The van der Waals surface area contributed by atoms with E-state index in [9.17, 15) is 4.79 Å². The van der Waals surface area contributed by atoms with Gasteiger partial charge in [-0.1, -0.05) is 23.1 Å². The maximum absolute atomic E-state index is 10.4. The molecule has 0 radical (unpaired) electrons. The molecule has 1 aromatic heterocycles. The van der Waals surface area contributed by atoms with Crippen molar-refractivity contribution in [2.45, 2.75) is 23.2 Å². The van der Waals surface area contributed by atoms with E-state index in [2.05, 4.69) is 15.1 Å². The zero-order chi connectivity index (χ0) is 10.8. The van der Waals surface area contributed by atoms with Gasteiger partial charge in [-0.2, -0.15) is 0 Å². The molecule has 15 heavy (non-hydrogen) atoms. The highest BCUT2D eigenvalue weighted by Crippen LogP contribution is 2.34. The number of rotatable bonds is 5. The fraction of sp³-hybridized carbons (Fsp3) is 0.625. The molecule has 0 unspecified atom stereocenters. The van der Waals surface area contributed by atoms with Gasteiger partial charge in [0.15, 0.2) is 4.34 Å². The molecule has 1 fully saturated rings. The third kappa shape index (κ3) is 2.82. The molecule has 1 saturated carbocycles. The van der Waals surface area contributed by atoms with Crippen molar-refractivity contribution in [3.8, 4) is 0 Å². The lowest BCUT2D eigenvalue weighted by molar-refractivity contribution is -0.133. The summed E-state index contributed by atoms with van der Waals surface area (Å²) in [6.45, 7) is 0. The number of nitrogens with zero attached hydrogens (tertiary/aromatic N) is 3. The molecule has 0 atom stereocenters. The third-order valence-corrected chi connectivity index (χ3v) is 4.24. The molecular formula is C8H11N3O2S2. The molecule has 1 heterocycles. The number of carboxylic acid groups (broad SMARTS) is 1. The Morgan fingerprint density at radius 2 is 2.40 bits per heavy atom. The molecule has 1 aliphatic rings. The first-order valence-corrected chi connectivity index (χ1v) is 6.38. The van der Waals surface area contributed by atoms with Crippen LogP contribution in [0.5, 0.6) is 0 Å². The van der Waals surface area contributed by atoms with E-state index in [4.69, 9.17) is 5.11 Å². The average Bonchev–Trinajstić information content (AvgIpc) is 2.93. The summed E-state index contributed by atoms with van der Waals surface area (Å²) in [6.07, 6.45) is 2.43. The van der Waals surface area contributed by atoms with Gasteiger partial charge in [-0.05, 0) is 12.8 Å². The van der Waals surface area contributed by atoms with Crippen LogP contribution in [0.1, 0.15) is 12.8 Å². The molecular weight excluding hydrogens is 234 g/mol. The highest BCUT2D eigenvalue weighted by Gasteiger charge is 2.28. The van der Waals surface area contributed by atoms with Crippen LogP contribution in [0, 0.1) is 0 Å². The summed E-state index contributed by atoms with van der Waals surface area (Å²) in [6, 6.07) is 0.607. The Balaban J connectivity index is 1.93. The number of carboxylic acids is 1. The minimum Gasteiger partial charge on any atom is -0.481 e. The van der Waals surface area contributed by atoms with Crippen LogP contribution in [0.2, 0.25) is 0 Å². The van der Waals surface area contributed by atoms with E-state index in [1.165, 1.54) is 35.9 Å². The van der Waals surface area contributed by atoms with Crippen LogP contribution >= 0.6 is 23.1 Å². The van der Waals surface area contributed by atoms with Crippen molar-refractivity contribution in [1.82, 2.24) is 10.2 Å². The van der Waals surface area contributed by atoms with Crippen molar-refractivity contribution in [3.63, 3.8) is 0 Å². The Morgan fingerprint density at radius 1 is 1.67 bits per heavy atom. The van der Waals surface area contributed by atoms with Gasteiger partial charge in [-0.3, -0.25) is 4.79 Å². The van der Waals surface area contributed by atoms with Crippen LogP contribution in [0.25, 0.3) is 0 Å². The Kier molecular flexibility index (Phi) is 3.11. The predicted octanol–water partition coefficient (Wildman–Crippen LogP) is 1.31. The molecule has 0 aromatic carbocycles. The van der Waals surface area contributed by atoms with Gasteiger partial charge < -0.3 is 10.0 Å². The van der Waals surface area contributed by atoms with E-state index in [0.29, 0.717) is 6.04 Å². The monoisotopic (exact) mass is 245 g/mol. The second kappa shape index (κ2) is 4.36.